The van der Waals surface area contributed by atoms with E-state index in [0.29, 0.717) is 16.5 Å². The maximum Gasteiger partial charge on any atom is 0.180 e. The monoisotopic (exact) mass is 409 g/mol. The minimum Gasteiger partial charge on any atom is -0.493 e. The van der Waals surface area contributed by atoms with Crippen molar-refractivity contribution in [2.45, 2.75) is 33.3 Å². The van der Waals surface area contributed by atoms with Gasteiger partial charge in [0.2, 0.25) is 0 Å². The molecule has 0 heterocycles. The van der Waals surface area contributed by atoms with Gasteiger partial charge in [0.15, 0.2) is 11.5 Å². The van der Waals surface area contributed by atoms with Crippen molar-refractivity contribution in [2.75, 3.05) is 7.11 Å². The second-order valence-corrected chi connectivity index (χ2v) is 6.88. The predicted octanol–water partition coefficient (Wildman–Crippen LogP) is 6.35. The summed E-state index contributed by atoms with van der Waals surface area (Å²) in [6, 6.07) is 9.68. The molecule has 0 amide bonds. The summed E-state index contributed by atoms with van der Waals surface area (Å²) in [7, 11) is 1.61. The summed E-state index contributed by atoms with van der Waals surface area (Å²) in [5, 5.41) is 0.517. The molecule has 0 aromatic heterocycles. The van der Waals surface area contributed by atoms with Crippen LogP contribution in [0.3, 0.4) is 0 Å². The zero-order chi connectivity index (χ0) is 17.7. The topological polar surface area (TPSA) is 30.8 Å². The molecular weight excluding hydrogens is 390 g/mol. The maximum absolute atomic E-state index is 6.38. The van der Waals surface area contributed by atoms with E-state index >= 15 is 0 Å². The molecule has 0 unspecified atom stereocenters. The lowest BCUT2D eigenvalue weighted by Gasteiger charge is -2.17. The fraction of sp³-hybridized carbons (Fsp3) is 0.316. The van der Waals surface area contributed by atoms with Crippen LogP contribution in [-0.4, -0.2) is 19.4 Å². The molecule has 2 aromatic carbocycles. The summed E-state index contributed by atoms with van der Waals surface area (Å²) >= 11 is 9.83. The van der Waals surface area contributed by atoms with Gasteiger partial charge in [0, 0.05) is 10.7 Å². The minimum absolute atomic E-state index is 0.0707. The molecule has 5 heteroatoms. The molecule has 0 radical (unpaired) electrons. The Morgan fingerprint density at radius 2 is 2.04 bits per heavy atom. The zero-order valence-corrected chi connectivity index (χ0v) is 16.6. The van der Waals surface area contributed by atoms with Crippen molar-refractivity contribution in [1.82, 2.24) is 0 Å². The molecule has 2 aromatic rings. The van der Waals surface area contributed by atoms with E-state index in [9.17, 15) is 0 Å². The first-order chi connectivity index (χ1) is 11.4. The first kappa shape index (κ1) is 18.8. The van der Waals surface area contributed by atoms with Crippen LogP contribution in [0.4, 0.5) is 5.69 Å². The molecule has 0 aliphatic rings. The van der Waals surface area contributed by atoms with Crippen LogP contribution in [0.5, 0.6) is 11.5 Å². The molecule has 0 saturated heterocycles. The lowest BCUT2D eigenvalue weighted by molar-refractivity contribution is 0.208. The van der Waals surface area contributed by atoms with Crippen LogP contribution in [0.15, 0.2) is 39.8 Å². The molecule has 128 valence electrons. The Hall–Kier alpha value is -1.52. The fourth-order valence-electron chi connectivity index (χ4n) is 2.12. The third-order valence-electron chi connectivity index (χ3n) is 3.66. The van der Waals surface area contributed by atoms with E-state index in [2.05, 4.69) is 27.8 Å². The van der Waals surface area contributed by atoms with Gasteiger partial charge in [-0.3, -0.25) is 4.99 Å². The zero-order valence-electron chi connectivity index (χ0n) is 14.3. The van der Waals surface area contributed by atoms with E-state index in [1.165, 1.54) is 0 Å². The molecule has 0 spiro atoms. The molecule has 0 fully saturated rings. The molecular formula is C19H21BrClNO2. The number of hydrogen-bond acceptors (Lipinski definition) is 3. The normalized spacial score (nSPS) is 12.4. The van der Waals surface area contributed by atoms with E-state index in [-0.39, 0.29) is 6.10 Å². The summed E-state index contributed by atoms with van der Waals surface area (Å²) in [6.45, 7) is 6.09. The van der Waals surface area contributed by atoms with Gasteiger partial charge in [-0.05, 0) is 61.7 Å². The van der Waals surface area contributed by atoms with Gasteiger partial charge in [-0.15, -0.1) is 0 Å². The lowest BCUT2D eigenvalue weighted by atomic mass is 10.2. The van der Waals surface area contributed by atoms with Gasteiger partial charge in [0.1, 0.15) is 0 Å². The van der Waals surface area contributed by atoms with Gasteiger partial charge in [0.05, 0.1) is 23.9 Å². The first-order valence-electron chi connectivity index (χ1n) is 7.79. The molecule has 0 aliphatic heterocycles. The van der Waals surface area contributed by atoms with Crippen molar-refractivity contribution in [3.05, 3.63) is 51.0 Å². The number of aryl methyl sites for hydroxylation is 1. The first-order valence-corrected chi connectivity index (χ1v) is 8.96. The molecule has 0 saturated carbocycles. The van der Waals surface area contributed by atoms with Gasteiger partial charge in [-0.1, -0.05) is 34.5 Å². The smallest absolute Gasteiger partial charge is 0.180 e. The van der Waals surface area contributed by atoms with Crippen LogP contribution in [0.1, 0.15) is 31.4 Å². The molecule has 0 aliphatic carbocycles. The maximum atomic E-state index is 6.38. The number of benzene rings is 2. The van der Waals surface area contributed by atoms with Gasteiger partial charge in [0.25, 0.3) is 0 Å². The van der Waals surface area contributed by atoms with Crippen molar-refractivity contribution in [2.24, 2.45) is 4.99 Å². The number of nitrogens with zero attached hydrogens (tertiary/aromatic N) is 1. The summed E-state index contributed by atoms with van der Waals surface area (Å²) in [4.78, 5) is 4.54. The van der Waals surface area contributed by atoms with Crippen LogP contribution in [0.2, 0.25) is 5.02 Å². The molecule has 1 atom stereocenters. The SMILES string of the molecule is CC[C@@H](C)Oc1c(Cl)cc(C=Nc2ccc(Br)cc2C)cc1OC. The fourth-order valence-corrected chi connectivity index (χ4v) is 2.86. The highest BCUT2D eigenvalue weighted by Gasteiger charge is 2.14. The summed E-state index contributed by atoms with van der Waals surface area (Å²) < 4.78 is 12.3. The minimum atomic E-state index is 0.0707. The Bertz CT molecular complexity index is 746. The molecule has 0 bridgehead atoms. The number of rotatable bonds is 6. The average Bonchev–Trinajstić information content (AvgIpc) is 2.55. The summed E-state index contributed by atoms with van der Waals surface area (Å²) in [5.74, 6) is 1.18. The Balaban J connectivity index is 2.31. The van der Waals surface area contributed by atoms with Crippen molar-refractivity contribution in [3.63, 3.8) is 0 Å². The number of ether oxygens (including phenoxy) is 2. The van der Waals surface area contributed by atoms with E-state index in [1.54, 1.807) is 13.3 Å². The predicted molar refractivity (Wildman–Crippen MR) is 105 cm³/mol. The second kappa shape index (κ2) is 8.54. The van der Waals surface area contributed by atoms with Gasteiger partial charge >= 0.3 is 0 Å². The Kier molecular flexibility index (Phi) is 6.69. The van der Waals surface area contributed by atoms with Crippen LogP contribution in [-0.2, 0) is 0 Å². The number of methoxy groups -OCH3 is 1. The highest BCUT2D eigenvalue weighted by atomic mass is 79.9. The molecule has 2 rings (SSSR count). The largest absolute Gasteiger partial charge is 0.493 e. The highest BCUT2D eigenvalue weighted by molar-refractivity contribution is 9.10. The van der Waals surface area contributed by atoms with Crippen LogP contribution in [0.25, 0.3) is 0 Å². The Morgan fingerprint density at radius 3 is 2.67 bits per heavy atom. The molecule has 24 heavy (non-hydrogen) atoms. The van der Waals surface area contributed by atoms with E-state index in [4.69, 9.17) is 21.1 Å². The van der Waals surface area contributed by atoms with E-state index in [0.717, 1.165) is 27.7 Å². The third kappa shape index (κ3) is 4.74. The second-order valence-electron chi connectivity index (χ2n) is 5.56. The summed E-state index contributed by atoms with van der Waals surface area (Å²) in [6.07, 6.45) is 2.74. The average molecular weight is 411 g/mol. The van der Waals surface area contributed by atoms with Gasteiger partial charge < -0.3 is 9.47 Å². The van der Waals surface area contributed by atoms with Crippen molar-refractivity contribution in [1.29, 1.82) is 0 Å². The number of halogens is 2. The van der Waals surface area contributed by atoms with Crippen LogP contribution >= 0.6 is 27.5 Å². The van der Waals surface area contributed by atoms with E-state index < -0.39 is 0 Å². The lowest BCUT2D eigenvalue weighted by Crippen LogP contribution is -2.11. The van der Waals surface area contributed by atoms with Crippen molar-refractivity contribution < 1.29 is 9.47 Å². The Morgan fingerprint density at radius 1 is 1.29 bits per heavy atom. The van der Waals surface area contributed by atoms with Crippen LogP contribution in [0, 0.1) is 6.92 Å². The van der Waals surface area contributed by atoms with Crippen molar-refractivity contribution >= 4 is 39.4 Å². The van der Waals surface area contributed by atoms with Crippen molar-refractivity contribution in [3.8, 4) is 11.5 Å². The Labute approximate surface area is 156 Å². The standard InChI is InChI=1S/C19H21BrClNO2/c1-5-13(3)24-19-16(21)9-14(10-18(19)23-4)11-22-17-7-6-15(20)8-12(17)2/h6-11,13H,5H2,1-4H3/t13-/m1/s1. The summed E-state index contributed by atoms with van der Waals surface area (Å²) in [5.41, 5.74) is 2.86. The van der Waals surface area contributed by atoms with E-state index in [1.807, 2.05) is 44.2 Å². The van der Waals surface area contributed by atoms with Crippen LogP contribution < -0.4 is 9.47 Å². The number of hydrogen-bond donors (Lipinski definition) is 0. The third-order valence-corrected chi connectivity index (χ3v) is 4.43. The quantitative estimate of drug-likeness (QED) is 0.520. The van der Waals surface area contributed by atoms with Gasteiger partial charge in [-0.2, -0.15) is 0 Å². The highest BCUT2D eigenvalue weighted by Crippen LogP contribution is 2.37. The molecule has 0 N–H and O–H groups in total. The molecule has 3 nitrogen and oxygen atoms in total. The number of aliphatic imine (C=N–C) groups is 1. The van der Waals surface area contributed by atoms with Gasteiger partial charge in [-0.25, -0.2) is 0 Å².